The van der Waals surface area contributed by atoms with Crippen LogP contribution < -0.4 is 10.2 Å². The maximum atomic E-state index is 12.6. The summed E-state index contributed by atoms with van der Waals surface area (Å²) in [6.45, 7) is 0. The Kier molecular flexibility index (Phi) is 5.12. The third-order valence-electron chi connectivity index (χ3n) is 3.97. The molecule has 3 aromatic rings. The van der Waals surface area contributed by atoms with Crippen molar-refractivity contribution in [2.24, 2.45) is 0 Å². The summed E-state index contributed by atoms with van der Waals surface area (Å²) >= 11 is 0. The molecule has 0 aliphatic rings. The zero-order valence-electron chi connectivity index (χ0n) is 14.4. The highest BCUT2D eigenvalue weighted by molar-refractivity contribution is 6.04. The number of hydrogen-bond donors (Lipinski definition) is 1. The molecule has 7 heteroatoms. The quantitative estimate of drug-likeness (QED) is 0.692. The Hall–Kier alpha value is -3.35. The van der Waals surface area contributed by atoms with Crippen molar-refractivity contribution in [2.75, 3.05) is 17.3 Å². The molecule has 0 bridgehead atoms. The van der Waals surface area contributed by atoms with E-state index in [9.17, 15) is 18.0 Å². The van der Waals surface area contributed by atoms with Crippen LogP contribution in [0.4, 0.5) is 30.4 Å². The number of carbonyl (C=O) groups excluding carboxylic acids is 1. The van der Waals surface area contributed by atoms with E-state index in [-0.39, 0.29) is 5.56 Å². The molecule has 0 unspecified atom stereocenters. The second kappa shape index (κ2) is 7.49. The maximum absolute atomic E-state index is 12.6. The highest BCUT2D eigenvalue weighted by Crippen LogP contribution is 2.29. The number of halogens is 3. The standard InChI is InChI=1S/C20H16F3N3O/c1-26(17-5-3-2-4-6-17)18-12-11-16(13-24-18)25-19(27)14-7-9-15(10-8-14)20(21,22)23/h2-13H,1H3,(H,25,27). The van der Waals surface area contributed by atoms with E-state index in [1.54, 1.807) is 12.1 Å². The number of rotatable bonds is 4. The van der Waals surface area contributed by atoms with Crippen molar-refractivity contribution in [3.63, 3.8) is 0 Å². The van der Waals surface area contributed by atoms with Gasteiger partial charge in [-0.05, 0) is 48.5 Å². The lowest BCUT2D eigenvalue weighted by Crippen LogP contribution is -2.14. The molecule has 3 rings (SSSR count). The molecule has 4 nitrogen and oxygen atoms in total. The Labute approximate surface area is 154 Å². The first-order chi connectivity index (χ1) is 12.8. The zero-order valence-corrected chi connectivity index (χ0v) is 14.4. The molecule has 0 spiro atoms. The summed E-state index contributed by atoms with van der Waals surface area (Å²) in [5.41, 5.74) is 0.749. The molecular weight excluding hydrogens is 355 g/mol. The number of carbonyl (C=O) groups is 1. The van der Waals surface area contributed by atoms with Gasteiger partial charge in [0.25, 0.3) is 5.91 Å². The summed E-state index contributed by atoms with van der Waals surface area (Å²) in [5, 5.41) is 2.62. The monoisotopic (exact) mass is 371 g/mol. The topological polar surface area (TPSA) is 45.2 Å². The third-order valence-corrected chi connectivity index (χ3v) is 3.97. The van der Waals surface area contributed by atoms with E-state index in [4.69, 9.17) is 0 Å². The molecule has 2 aromatic carbocycles. The second-order valence-corrected chi connectivity index (χ2v) is 5.83. The minimum atomic E-state index is -4.43. The lowest BCUT2D eigenvalue weighted by Gasteiger charge is -2.18. The number of aromatic nitrogens is 1. The van der Waals surface area contributed by atoms with E-state index in [1.165, 1.54) is 6.20 Å². The SMILES string of the molecule is CN(c1ccccc1)c1ccc(NC(=O)c2ccc(C(F)(F)F)cc2)cn1. The summed E-state index contributed by atoms with van der Waals surface area (Å²) < 4.78 is 37.7. The Bertz CT molecular complexity index is 908. The third kappa shape index (κ3) is 4.44. The summed E-state index contributed by atoms with van der Waals surface area (Å²) in [7, 11) is 1.87. The fraction of sp³-hybridized carbons (Fsp3) is 0.100. The van der Waals surface area contributed by atoms with Crippen LogP contribution >= 0.6 is 0 Å². The van der Waals surface area contributed by atoms with Gasteiger partial charge < -0.3 is 10.2 Å². The highest BCUT2D eigenvalue weighted by Gasteiger charge is 2.30. The summed E-state index contributed by atoms with van der Waals surface area (Å²) in [6.07, 6.45) is -2.93. The number of amides is 1. The molecule has 1 aromatic heterocycles. The van der Waals surface area contributed by atoms with Crippen molar-refractivity contribution in [1.82, 2.24) is 4.98 Å². The molecular formula is C20H16F3N3O. The summed E-state index contributed by atoms with van der Waals surface area (Å²) in [6, 6.07) is 17.1. The summed E-state index contributed by atoms with van der Waals surface area (Å²) in [5.74, 6) is 0.184. The number of para-hydroxylation sites is 1. The molecule has 0 atom stereocenters. The molecule has 27 heavy (non-hydrogen) atoms. The first kappa shape index (κ1) is 18.4. The number of nitrogens with one attached hydrogen (secondary N) is 1. The van der Waals surface area contributed by atoms with Gasteiger partial charge in [-0.15, -0.1) is 0 Å². The molecule has 0 fully saturated rings. The first-order valence-electron chi connectivity index (χ1n) is 8.08. The average molecular weight is 371 g/mol. The zero-order chi connectivity index (χ0) is 19.4. The molecule has 0 radical (unpaired) electrons. The molecule has 1 heterocycles. The van der Waals surface area contributed by atoms with Crippen LogP contribution in [0.5, 0.6) is 0 Å². The van der Waals surface area contributed by atoms with Crippen LogP contribution in [0, 0.1) is 0 Å². The normalized spacial score (nSPS) is 11.1. The van der Waals surface area contributed by atoms with Gasteiger partial charge in [-0.2, -0.15) is 13.2 Å². The fourth-order valence-corrected chi connectivity index (χ4v) is 2.46. The molecule has 0 aliphatic heterocycles. The van der Waals surface area contributed by atoms with Crippen LogP contribution in [-0.4, -0.2) is 17.9 Å². The Morgan fingerprint density at radius 2 is 1.63 bits per heavy atom. The lowest BCUT2D eigenvalue weighted by atomic mass is 10.1. The van der Waals surface area contributed by atoms with Gasteiger partial charge in [-0.25, -0.2) is 4.98 Å². The molecule has 1 amide bonds. The molecule has 0 aliphatic carbocycles. The van der Waals surface area contributed by atoms with Gasteiger partial charge in [0.1, 0.15) is 5.82 Å². The number of pyridine rings is 1. The van der Waals surface area contributed by atoms with E-state index in [0.717, 1.165) is 30.0 Å². The predicted molar refractivity (Wildman–Crippen MR) is 98.1 cm³/mol. The van der Waals surface area contributed by atoms with E-state index in [2.05, 4.69) is 10.3 Å². The first-order valence-corrected chi connectivity index (χ1v) is 8.08. The number of benzene rings is 2. The van der Waals surface area contributed by atoms with Crippen LogP contribution in [0.25, 0.3) is 0 Å². The van der Waals surface area contributed by atoms with Crippen LogP contribution in [0.2, 0.25) is 0 Å². The Morgan fingerprint density at radius 1 is 0.963 bits per heavy atom. The van der Waals surface area contributed by atoms with Gasteiger partial charge in [-0.3, -0.25) is 4.79 Å². The second-order valence-electron chi connectivity index (χ2n) is 5.83. The van der Waals surface area contributed by atoms with E-state index >= 15 is 0 Å². The number of anilines is 3. The maximum Gasteiger partial charge on any atom is 0.416 e. The van der Waals surface area contributed by atoms with Gasteiger partial charge in [0, 0.05) is 18.3 Å². The Balaban J connectivity index is 1.68. The Morgan fingerprint density at radius 3 is 2.19 bits per heavy atom. The van der Waals surface area contributed by atoms with Crippen LogP contribution in [-0.2, 0) is 6.18 Å². The van der Waals surface area contributed by atoms with Crippen molar-refractivity contribution in [2.45, 2.75) is 6.18 Å². The van der Waals surface area contributed by atoms with Gasteiger partial charge in [-0.1, -0.05) is 18.2 Å². The van der Waals surface area contributed by atoms with E-state index in [1.807, 2.05) is 42.3 Å². The van der Waals surface area contributed by atoms with Gasteiger partial charge in [0.05, 0.1) is 17.4 Å². The van der Waals surface area contributed by atoms with E-state index < -0.39 is 17.6 Å². The highest BCUT2D eigenvalue weighted by atomic mass is 19.4. The lowest BCUT2D eigenvalue weighted by molar-refractivity contribution is -0.137. The molecule has 0 saturated heterocycles. The van der Waals surface area contributed by atoms with E-state index in [0.29, 0.717) is 11.5 Å². The number of alkyl halides is 3. The number of nitrogens with zero attached hydrogens (tertiary/aromatic N) is 2. The van der Waals surface area contributed by atoms with Crippen molar-refractivity contribution in [3.05, 3.63) is 84.1 Å². The summed E-state index contributed by atoms with van der Waals surface area (Å²) in [4.78, 5) is 18.4. The van der Waals surface area contributed by atoms with Crippen molar-refractivity contribution in [3.8, 4) is 0 Å². The van der Waals surface area contributed by atoms with Crippen molar-refractivity contribution < 1.29 is 18.0 Å². The molecule has 138 valence electrons. The average Bonchev–Trinajstić information content (AvgIpc) is 2.68. The minimum absolute atomic E-state index is 0.133. The largest absolute Gasteiger partial charge is 0.416 e. The smallest absolute Gasteiger partial charge is 0.329 e. The molecule has 0 saturated carbocycles. The van der Waals surface area contributed by atoms with Gasteiger partial charge in [0.2, 0.25) is 0 Å². The van der Waals surface area contributed by atoms with Gasteiger partial charge >= 0.3 is 6.18 Å². The van der Waals surface area contributed by atoms with Crippen LogP contribution in [0.3, 0.4) is 0 Å². The van der Waals surface area contributed by atoms with Crippen LogP contribution in [0.1, 0.15) is 15.9 Å². The number of hydrogen-bond acceptors (Lipinski definition) is 3. The van der Waals surface area contributed by atoms with Crippen molar-refractivity contribution in [1.29, 1.82) is 0 Å². The fourth-order valence-electron chi connectivity index (χ4n) is 2.46. The predicted octanol–water partition coefficient (Wildman–Crippen LogP) is 5.12. The van der Waals surface area contributed by atoms with Crippen LogP contribution in [0.15, 0.2) is 72.9 Å². The minimum Gasteiger partial charge on any atom is -0.329 e. The van der Waals surface area contributed by atoms with Crippen molar-refractivity contribution >= 4 is 23.1 Å². The van der Waals surface area contributed by atoms with Gasteiger partial charge in [0.15, 0.2) is 0 Å². The molecule has 1 N–H and O–H groups in total.